The second-order valence-corrected chi connectivity index (χ2v) is 5.00. The number of benzene rings is 1. The van der Waals surface area contributed by atoms with Crippen LogP contribution in [0.25, 0.3) is 0 Å². The zero-order chi connectivity index (χ0) is 17.0. The number of nitrogens with one attached hydrogen (secondary N) is 1. The van der Waals surface area contributed by atoms with Crippen molar-refractivity contribution in [1.82, 2.24) is 15.1 Å². The van der Waals surface area contributed by atoms with E-state index >= 15 is 0 Å². The molecule has 1 heterocycles. The third-order valence-electron chi connectivity index (χ3n) is 3.47. The van der Waals surface area contributed by atoms with Crippen LogP contribution in [0, 0.1) is 0 Å². The molecule has 23 heavy (non-hydrogen) atoms. The zero-order valence-electron chi connectivity index (χ0n) is 12.7. The van der Waals surface area contributed by atoms with Gasteiger partial charge in [0.1, 0.15) is 0 Å². The van der Waals surface area contributed by atoms with Crippen LogP contribution in [0.4, 0.5) is 4.79 Å². The minimum Gasteiger partial charge on any atom is -0.336 e. The molecule has 1 aromatic carbocycles. The van der Waals surface area contributed by atoms with E-state index in [-0.39, 0.29) is 38.0 Å². The summed E-state index contributed by atoms with van der Waals surface area (Å²) >= 11 is 0. The molecule has 0 atom stereocenters. The summed E-state index contributed by atoms with van der Waals surface area (Å²) in [6.45, 7) is 1.62. The average molecular weight is 318 g/mol. The molecule has 0 saturated heterocycles. The van der Waals surface area contributed by atoms with Gasteiger partial charge in [0.15, 0.2) is 0 Å². The van der Waals surface area contributed by atoms with E-state index in [1.54, 1.807) is 24.3 Å². The Labute approximate surface area is 133 Å². The number of rotatable bonds is 5. The van der Waals surface area contributed by atoms with Gasteiger partial charge in [-0.2, -0.15) is 0 Å². The Morgan fingerprint density at radius 2 is 1.74 bits per heavy atom. The van der Waals surface area contributed by atoms with Crippen LogP contribution in [0.5, 0.6) is 0 Å². The van der Waals surface area contributed by atoms with E-state index in [1.807, 2.05) is 0 Å². The maximum atomic E-state index is 12.1. The molecule has 0 aliphatic carbocycles. The summed E-state index contributed by atoms with van der Waals surface area (Å²) in [7, 11) is 0. The molecule has 0 bridgehead atoms. The van der Waals surface area contributed by atoms with Gasteiger partial charge in [0.25, 0.3) is 11.8 Å². The van der Waals surface area contributed by atoms with Crippen molar-refractivity contribution >= 4 is 23.8 Å². The van der Waals surface area contributed by atoms with E-state index in [0.717, 1.165) is 9.80 Å². The van der Waals surface area contributed by atoms with Crippen molar-refractivity contribution in [2.24, 2.45) is 5.73 Å². The third-order valence-corrected chi connectivity index (χ3v) is 3.47. The normalized spacial score (nSPS) is 13.0. The lowest BCUT2D eigenvalue weighted by atomic mass is 10.1. The van der Waals surface area contributed by atoms with Crippen LogP contribution in [0.2, 0.25) is 0 Å². The van der Waals surface area contributed by atoms with Crippen LogP contribution >= 0.6 is 0 Å². The van der Waals surface area contributed by atoms with Gasteiger partial charge >= 0.3 is 6.03 Å². The van der Waals surface area contributed by atoms with Crippen molar-refractivity contribution in [3.63, 3.8) is 0 Å². The first-order valence-electron chi connectivity index (χ1n) is 7.18. The van der Waals surface area contributed by atoms with Crippen LogP contribution in [0.15, 0.2) is 24.3 Å². The monoisotopic (exact) mass is 318 g/mol. The lowest BCUT2D eigenvalue weighted by Crippen LogP contribution is -2.47. The maximum absolute atomic E-state index is 12.1. The summed E-state index contributed by atoms with van der Waals surface area (Å²) in [5.74, 6) is -1.19. The molecule has 0 fully saturated rings. The molecule has 5 amide bonds. The Bertz CT molecular complexity index is 624. The molecule has 1 aliphatic heterocycles. The SMILES string of the molecule is CC(=O)N(CCN)C(=O)NCCN1C(=O)c2ccccc2C1=O. The molecular formula is C15H18N4O4. The fourth-order valence-electron chi connectivity index (χ4n) is 2.34. The van der Waals surface area contributed by atoms with Gasteiger partial charge in [-0.15, -0.1) is 0 Å². The van der Waals surface area contributed by atoms with Crippen molar-refractivity contribution in [2.45, 2.75) is 6.92 Å². The van der Waals surface area contributed by atoms with E-state index in [9.17, 15) is 19.2 Å². The number of carbonyl (C=O) groups excluding carboxylic acids is 4. The maximum Gasteiger partial charge on any atom is 0.324 e. The third kappa shape index (κ3) is 3.37. The number of hydrogen-bond donors (Lipinski definition) is 2. The summed E-state index contributed by atoms with van der Waals surface area (Å²) in [5.41, 5.74) is 6.06. The van der Waals surface area contributed by atoms with Gasteiger partial charge in [-0.3, -0.25) is 24.2 Å². The second kappa shape index (κ2) is 7.01. The largest absolute Gasteiger partial charge is 0.336 e. The van der Waals surface area contributed by atoms with Crippen molar-refractivity contribution < 1.29 is 19.2 Å². The number of nitrogens with zero attached hydrogens (tertiary/aromatic N) is 2. The van der Waals surface area contributed by atoms with Crippen molar-refractivity contribution in [2.75, 3.05) is 26.2 Å². The first kappa shape index (κ1) is 16.6. The van der Waals surface area contributed by atoms with Gasteiger partial charge in [0.05, 0.1) is 11.1 Å². The minimum absolute atomic E-state index is 0.0342. The van der Waals surface area contributed by atoms with E-state index in [1.165, 1.54) is 6.92 Å². The number of imide groups is 2. The van der Waals surface area contributed by atoms with Gasteiger partial charge in [-0.25, -0.2) is 4.79 Å². The predicted octanol–water partition coefficient (Wildman–Crippen LogP) is -0.201. The lowest BCUT2D eigenvalue weighted by molar-refractivity contribution is -0.125. The molecule has 2 rings (SSSR count). The number of hydrogen-bond acceptors (Lipinski definition) is 5. The quantitative estimate of drug-likeness (QED) is 0.730. The fourth-order valence-corrected chi connectivity index (χ4v) is 2.34. The van der Waals surface area contributed by atoms with Crippen LogP contribution in [0.1, 0.15) is 27.6 Å². The number of fused-ring (bicyclic) bond motifs is 1. The molecule has 8 heteroatoms. The summed E-state index contributed by atoms with van der Waals surface area (Å²) in [6, 6.07) is 5.96. The molecule has 0 spiro atoms. The van der Waals surface area contributed by atoms with Gasteiger partial charge in [0, 0.05) is 33.1 Å². The first-order valence-corrected chi connectivity index (χ1v) is 7.18. The predicted molar refractivity (Wildman–Crippen MR) is 81.6 cm³/mol. The van der Waals surface area contributed by atoms with Crippen molar-refractivity contribution in [1.29, 1.82) is 0 Å². The Morgan fingerprint density at radius 1 is 1.17 bits per heavy atom. The molecule has 1 aromatic rings. The summed E-state index contributed by atoms with van der Waals surface area (Å²) in [4.78, 5) is 49.5. The van der Waals surface area contributed by atoms with Gasteiger partial charge < -0.3 is 11.1 Å². The highest BCUT2D eigenvalue weighted by Gasteiger charge is 2.34. The van der Waals surface area contributed by atoms with Crippen LogP contribution in [0.3, 0.4) is 0 Å². The molecule has 122 valence electrons. The highest BCUT2D eigenvalue weighted by molar-refractivity contribution is 6.21. The standard InChI is InChI=1S/C15H18N4O4/c1-10(20)18(8-6-16)15(23)17-7-9-19-13(21)11-4-2-3-5-12(11)14(19)22/h2-5H,6-9,16H2,1H3,(H,17,23). The molecule has 8 nitrogen and oxygen atoms in total. The molecule has 0 unspecified atom stereocenters. The highest BCUT2D eigenvalue weighted by Crippen LogP contribution is 2.21. The Hall–Kier alpha value is -2.74. The number of carbonyl (C=O) groups is 4. The van der Waals surface area contributed by atoms with E-state index < -0.39 is 11.9 Å². The average Bonchev–Trinajstić information content (AvgIpc) is 2.77. The molecular weight excluding hydrogens is 300 g/mol. The molecule has 0 radical (unpaired) electrons. The van der Waals surface area contributed by atoms with Crippen LogP contribution in [-0.4, -0.2) is 59.7 Å². The minimum atomic E-state index is -0.598. The summed E-state index contributed by atoms with van der Waals surface area (Å²) < 4.78 is 0. The first-order chi connectivity index (χ1) is 11.0. The van der Waals surface area contributed by atoms with E-state index in [2.05, 4.69) is 5.32 Å². The summed E-state index contributed by atoms with van der Waals surface area (Å²) in [5, 5.41) is 2.51. The van der Waals surface area contributed by atoms with Crippen molar-refractivity contribution in [3.8, 4) is 0 Å². The summed E-state index contributed by atoms with van der Waals surface area (Å²) in [6.07, 6.45) is 0. The Kier molecular flexibility index (Phi) is 5.07. The molecule has 3 N–H and O–H groups in total. The van der Waals surface area contributed by atoms with E-state index in [4.69, 9.17) is 5.73 Å². The van der Waals surface area contributed by atoms with Gasteiger partial charge in [-0.1, -0.05) is 12.1 Å². The highest BCUT2D eigenvalue weighted by atomic mass is 16.2. The number of nitrogens with two attached hydrogens (primary N) is 1. The number of urea groups is 1. The zero-order valence-corrected chi connectivity index (χ0v) is 12.7. The van der Waals surface area contributed by atoms with Gasteiger partial charge in [-0.05, 0) is 12.1 Å². The van der Waals surface area contributed by atoms with Crippen LogP contribution < -0.4 is 11.1 Å². The molecule has 0 saturated carbocycles. The van der Waals surface area contributed by atoms with Gasteiger partial charge in [0.2, 0.25) is 5.91 Å². The Morgan fingerprint density at radius 3 is 2.22 bits per heavy atom. The molecule has 1 aliphatic rings. The fraction of sp³-hybridized carbons (Fsp3) is 0.333. The number of amides is 5. The smallest absolute Gasteiger partial charge is 0.324 e. The van der Waals surface area contributed by atoms with E-state index in [0.29, 0.717) is 11.1 Å². The Balaban J connectivity index is 1.93. The topological polar surface area (TPSA) is 113 Å². The van der Waals surface area contributed by atoms with Crippen LogP contribution in [-0.2, 0) is 4.79 Å². The second-order valence-electron chi connectivity index (χ2n) is 5.00. The molecule has 0 aromatic heterocycles. The lowest BCUT2D eigenvalue weighted by Gasteiger charge is -2.20. The van der Waals surface area contributed by atoms with Crippen molar-refractivity contribution in [3.05, 3.63) is 35.4 Å².